The van der Waals surface area contributed by atoms with E-state index in [4.69, 9.17) is 0 Å². The molecule has 0 heterocycles. The van der Waals surface area contributed by atoms with Crippen molar-refractivity contribution in [1.29, 1.82) is 0 Å². The van der Waals surface area contributed by atoms with E-state index in [0.717, 1.165) is 0 Å². The molecule has 0 aliphatic heterocycles. The molecular formula is C3H13NS. The molecule has 0 atom stereocenters. The van der Waals surface area contributed by atoms with Crippen molar-refractivity contribution >= 4 is 13.5 Å². The van der Waals surface area contributed by atoms with Gasteiger partial charge in [-0.3, -0.25) is 0 Å². The summed E-state index contributed by atoms with van der Waals surface area (Å²) in [5.74, 6) is 0. The van der Waals surface area contributed by atoms with E-state index in [-0.39, 0.29) is 13.5 Å². The highest BCUT2D eigenvalue weighted by atomic mass is 32.1. The highest BCUT2D eigenvalue weighted by Crippen LogP contribution is 1.14. The van der Waals surface area contributed by atoms with Gasteiger partial charge in [-0.25, -0.2) is 0 Å². The Hall–Kier alpha value is 0.310. The molecule has 0 fully saturated rings. The number of hydrogen-bond donors (Lipinski definition) is 1. The van der Waals surface area contributed by atoms with Crippen LogP contribution in [-0.2, 0) is 0 Å². The lowest BCUT2D eigenvalue weighted by molar-refractivity contribution is 1.48. The molecule has 0 unspecified atom stereocenters. The van der Waals surface area contributed by atoms with Crippen LogP contribution in [-0.4, -0.2) is 7.05 Å². The summed E-state index contributed by atoms with van der Waals surface area (Å²) in [5, 5.41) is 0. The van der Waals surface area contributed by atoms with Gasteiger partial charge in [0.25, 0.3) is 0 Å². The summed E-state index contributed by atoms with van der Waals surface area (Å²) >= 11 is 0. The lowest BCUT2D eigenvalue weighted by Gasteiger charge is -1.19. The minimum atomic E-state index is 0. The van der Waals surface area contributed by atoms with Gasteiger partial charge in [-0.05, 0) is 7.05 Å². The monoisotopic (exact) mass is 95.1 g/mol. The molecule has 0 aromatic rings. The second kappa shape index (κ2) is 491. The fraction of sp³-hybridized carbons (Fsp3) is 1.00. The predicted molar refractivity (Wildman–Crippen MR) is 31.8 cm³/mol. The summed E-state index contributed by atoms with van der Waals surface area (Å²) in [4.78, 5) is 0. The zero-order valence-electron chi connectivity index (χ0n) is 4.08. The summed E-state index contributed by atoms with van der Waals surface area (Å²) in [5.41, 5.74) is 4.50. The summed E-state index contributed by atoms with van der Waals surface area (Å²) in [6.07, 6.45) is 0. The van der Waals surface area contributed by atoms with Crippen molar-refractivity contribution < 1.29 is 0 Å². The topological polar surface area (TPSA) is 26.0 Å². The van der Waals surface area contributed by atoms with Crippen LogP contribution in [0.1, 0.15) is 13.8 Å². The zero-order valence-corrected chi connectivity index (χ0v) is 5.08. The van der Waals surface area contributed by atoms with E-state index in [9.17, 15) is 0 Å². The molecule has 36 valence electrons. The predicted octanol–water partition coefficient (Wildman–Crippen LogP) is 0.714. The van der Waals surface area contributed by atoms with Gasteiger partial charge in [0.1, 0.15) is 0 Å². The van der Waals surface area contributed by atoms with Crippen molar-refractivity contribution in [2.45, 2.75) is 13.8 Å². The molecule has 2 N–H and O–H groups in total. The molecular weight excluding hydrogens is 82.1 g/mol. The quantitative estimate of drug-likeness (QED) is 0.471. The van der Waals surface area contributed by atoms with Gasteiger partial charge in [-0.1, -0.05) is 13.8 Å². The summed E-state index contributed by atoms with van der Waals surface area (Å²) < 4.78 is 0. The van der Waals surface area contributed by atoms with Crippen molar-refractivity contribution in [3.8, 4) is 0 Å². The van der Waals surface area contributed by atoms with Crippen LogP contribution < -0.4 is 5.73 Å². The maximum Gasteiger partial charge on any atom is -0.0195 e. The van der Waals surface area contributed by atoms with Crippen LogP contribution in [0.4, 0.5) is 0 Å². The third-order valence-corrected chi connectivity index (χ3v) is 0. The molecule has 0 saturated heterocycles. The first-order chi connectivity index (χ1) is 2.00. The molecule has 2 heteroatoms. The van der Waals surface area contributed by atoms with Crippen LogP contribution >= 0.6 is 13.5 Å². The van der Waals surface area contributed by atoms with E-state index in [1.165, 1.54) is 7.05 Å². The first-order valence-electron chi connectivity index (χ1n) is 1.58. The van der Waals surface area contributed by atoms with Crippen molar-refractivity contribution in [3.05, 3.63) is 0 Å². The van der Waals surface area contributed by atoms with Crippen LogP contribution in [0.15, 0.2) is 0 Å². The maximum absolute atomic E-state index is 4.50. The second-order valence-electron chi connectivity index (χ2n) is 0. The molecule has 0 bridgehead atoms. The van der Waals surface area contributed by atoms with Crippen molar-refractivity contribution in [1.82, 2.24) is 0 Å². The summed E-state index contributed by atoms with van der Waals surface area (Å²) in [7, 11) is 1.50. The molecule has 5 heavy (non-hydrogen) atoms. The van der Waals surface area contributed by atoms with Crippen molar-refractivity contribution in [2.75, 3.05) is 7.05 Å². The van der Waals surface area contributed by atoms with E-state index in [2.05, 4.69) is 5.73 Å². The molecule has 0 rings (SSSR count). The van der Waals surface area contributed by atoms with Gasteiger partial charge in [-0.2, -0.15) is 13.5 Å². The SMILES string of the molecule is CC.CN.S. The zero-order chi connectivity index (χ0) is 4.00. The van der Waals surface area contributed by atoms with E-state index < -0.39 is 0 Å². The Morgan fingerprint density at radius 3 is 1.00 bits per heavy atom. The molecule has 0 radical (unpaired) electrons. The van der Waals surface area contributed by atoms with Gasteiger partial charge in [-0.15, -0.1) is 0 Å². The standard InChI is InChI=1S/C2H6.CH5N.H2S/c2*1-2;/h1-2H3;2H2,1H3;1H2. The molecule has 0 aromatic carbocycles. The maximum atomic E-state index is 4.50. The van der Waals surface area contributed by atoms with Crippen LogP contribution in [0.25, 0.3) is 0 Å². The Balaban J connectivity index is -0.0000000133. The van der Waals surface area contributed by atoms with E-state index in [0.29, 0.717) is 0 Å². The van der Waals surface area contributed by atoms with Gasteiger partial charge >= 0.3 is 0 Å². The Labute approximate surface area is 41.0 Å². The van der Waals surface area contributed by atoms with Crippen LogP contribution in [0.2, 0.25) is 0 Å². The Morgan fingerprint density at radius 2 is 1.00 bits per heavy atom. The molecule has 0 aromatic heterocycles. The smallest absolute Gasteiger partial charge is 0.0195 e. The van der Waals surface area contributed by atoms with Crippen LogP contribution in [0.3, 0.4) is 0 Å². The Bertz CT molecular complexity index is 6.85. The molecule has 1 nitrogen and oxygen atoms in total. The van der Waals surface area contributed by atoms with E-state index in [1.54, 1.807) is 0 Å². The Morgan fingerprint density at radius 1 is 1.00 bits per heavy atom. The molecule has 0 aliphatic carbocycles. The number of nitrogens with two attached hydrogens (primary N) is 1. The van der Waals surface area contributed by atoms with Gasteiger partial charge in [0, 0.05) is 0 Å². The Kier molecular flexibility index (Phi) is 1820. The summed E-state index contributed by atoms with van der Waals surface area (Å²) in [6, 6.07) is 0. The van der Waals surface area contributed by atoms with Gasteiger partial charge in [0.05, 0.1) is 0 Å². The first-order valence-corrected chi connectivity index (χ1v) is 1.58. The molecule has 0 spiro atoms. The number of rotatable bonds is 0. The van der Waals surface area contributed by atoms with Crippen molar-refractivity contribution in [3.63, 3.8) is 0 Å². The highest BCUT2D eigenvalue weighted by Gasteiger charge is 0.932. The van der Waals surface area contributed by atoms with Gasteiger partial charge < -0.3 is 5.73 Å². The van der Waals surface area contributed by atoms with E-state index in [1.807, 2.05) is 13.8 Å². The van der Waals surface area contributed by atoms with Gasteiger partial charge in [0.2, 0.25) is 0 Å². The molecule has 0 amide bonds. The third kappa shape index (κ3) is 239. The van der Waals surface area contributed by atoms with Crippen LogP contribution in [0.5, 0.6) is 0 Å². The normalized spacial score (nSPS) is 2.40. The van der Waals surface area contributed by atoms with Crippen molar-refractivity contribution in [2.24, 2.45) is 5.73 Å². The minimum Gasteiger partial charge on any atom is -0.333 e. The fourth-order valence-electron chi connectivity index (χ4n) is 0. The summed E-state index contributed by atoms with van der Waals surface area (Å²) in [6.45, 7) is 4.00. The average molecular weight is 95.2 g/mol. The second-order valence-corrected chi connectivity index (χ2v) is 0. The lowest BCUT2D eigenvalue weighted by Crippen LogP contribution is -1.69. The fourth-order valence-corrected chi connectivity index (χ4v) is 0. The third-order valence-electron chi connectivity index (χ3n) is 0. The minimum absolute atomic E-state index is 0. The lowest BCUT2D eigenvalue weighted by atomic mass is 11.0. The first kappa shape index (κ1) is 18.5. The van der Waals surface area contributed by atoms with Gasteiger partial charge in [0.15, 0.2) is 0 Å². The molecule has 0 saturated carbocycles. The number of hydrogen-bond acceptors (Lipinski definition) is 1. The highest BCUT2D eigenvalue weighted by molar-refractivity contribution is 7.59. The molecule has 0 aliphatic rings. The average Bonchev–Trinajstić information content (AvgIpc) is 1.50. The van der Waals surface area contributed by atoms with Crippen LogP contribution in [0, 0.1) is 0 Å². The van der Waals surface area contributed by atoms with E-state index >= 15 is 0 Å². The largest absolute Gasteiger partial charge is 0.333 e.